The van der Waals surface area contributed by atoms with E-state index in [2.05, 4.69) is 0 Å². The summed E-state index contributed by atoms with van der Waals surface area (Å²) < 4.78 is 31.9. The molecule has 0 aliphatic heterocycles. The highest BCUT2D eigenvalue weighted by Gasteiger charge is 2.27. The third kappa shape index (κ3) is 4.62. The molecule has 26 heavy (non-hydrogen) atoms. The molecular weight excluding hydrogens is 352 g/mol. The van der Waals surface area contributed by atoms with Gasteiger partial charge in [-0.05, 0) is 30.2 Å². The van der Waals surface area contributed by atoms with Gasteiger partial charge in [0.1, 0.15) is 10.6 Å². The van der Waals surface area contributed by atoms with Crippen molar-refractivity contribution in [1.82, 2.24) is 9.21 Å². The van der Waals surface area contributed by atoms with Gasteiger partial charge in [0.15, 0.2) is 0 Å². The first-order chi connectivity index (χ1) is 12.3. The number of aryl methyl sites for hydroxylation is 1. The summed E-state index contributed by atoms with van der Waals surface area (Å²) in [5, 5.41) is 0. The number of ether oxygens (including phenoxy) is 1. The maximum Gasteiger partial charge on any atom is 0.246 e. The summed E-state index contributed by atoms with van der Waals surface area (Å²) in [6.07, 6.45) is 0. The lowest BCUT2D eigenvalue weighted by Gasteiger charge is -2.22. The van der Waals surface area contributed by atoms with Gasteiger partial charge >= 0.3 is 0 Å². The molecule has 140 valence electrons. The topological polar surface area (TPSA) is 66.9 Å². The normalized spacial score (nSPS) is 11.4. The predicted octanol–water partition coefficient (Wildman–Crippen LogP) is 2.28. The smallest absolute Gasteiger partial charge is 0.246 e. The molecule has 0 heterocycles. The highest BCUT2D eigenvalue weighted by Crippen LogP contribution is 2.27. The van der Waals surface area contributed by atoms with Crippen LogP contribution in [-0.4, -0.2) is 51.3 Å². The standard InChI is InChI=1S/C19H24N2O4S/c1-15-10-11-17(25-4)18(12-15)26(23,24)21(3)14-19(22)20(2)13-16-8-6-5-7-9-16/h5-12H,13-14H2,1-4H3. The molecule has 0 fully saturated rings. The summed E-state index contributed by atoms with van der Waals surface area (Å²) >= 11 is 0. The van der Waals surface area contributed by atoms with E-state index in [4.69, 9.17) is 4.74 Å². The van der Waals surface area contributed by atoms with E-state index in [1.165, 1.54) is 19.1 Å². The van der Waals surface area contributed by atoms with Gasteiger partial charge in [0, 0.05) is 20.6 Å². The minimum absolute atomic E-state index is 0.0565. The molecule has 0 bridgehead atoms. The third-order valence-electron chi connectivity index (χ3n) is 4.05. The Morgan fingerprint density at radius 3 is 2.35 bits per heavy atom. The van der Waals surface area contributed by atoms with E-state index in [1.54, 1.807) is 32.2 Å². The first-order valence-corrected chi connectivity index (χ1v) is 9.58. The van der Waals surface area contributed by atoms with E-state index >= 15 is 0 Å². The van der Waals surface area contributed by atoms with Crippen molar-refractivity contribution in [3.05, 3.63) is 59.7 Å². The number of methoxy groups -OCH3 is 1. The number of nitrogens with zero attached hydrogens (tertiary/aromatic N) is 2. The van der Waals surface area contributed by atoms with Crippen molar-refractivity contribution < 1.29 is 17.9 Å². The number of carbonyl (C=O) groups excluding carboxylic acids is 1. The summed E-state index contributed by atoms with van der Waals surface area (Å²) in [4.78, 5) is 14.0. The van der Waals surface area contributed by atoms with Crippen LogP contribution in [0.4, 0.5) is 0 Å². The molecule has 0 atom stereocenters. The lowest BCUT2D eigenvalue weighted by molar-refractivity contribution is -0.130. The largest absolute Gasteiger partial charge is 0.495 e. The second-order valence-corrected chi connectivity index (χ2v) is 8.16. The van der Waals surface area contributed by atoms with Gasteiger partial charge in [0.2, 0.25) is 15.9 Å². The van der Waals surface area contributed by atoms with E-state index in [9.17, 15) is 13.2 Å². The highest BCUT2D eigenvalue weighted by atomic mass is 32.2. The van der Waals surface area contributed by atoms with Crippen LogP contribution in [0.15, 0.2) is 53.4 Å². The number of sulfonamides is 1. The Balaban J connectivity index is 2.14. The molecule has 0 saturated heterocycles. The molecule has 0 aliphatic carbocycles. The number of amides is 1. The number of rotatable bonds is 7. The molecule has 6 nitrogen and oxygen atoms in total. The third-order valence-corrected chi connectivity index (χ3v) is 5.88. The lowest BCUT2D eigenvalue weighted by atomic mass is 10.2. The van der Waals surface area contributed by atoms with Gasteiger partial charge in [-0.1, -0.05) is 36.4 Å². The van der Waals surface area contributed by atoms with Gasteiger partial charge in [-0.15, -0.1) is 0 Å². The van der Waals surface area contributed by atoms with E-state index < -0.39 is 10.0 Å². The molecule has 1 amide bonds. The van der Waals surface area contributed by atoms with Crippen LogP contribution in [0.2, 0.25) is 0 Å². The fourth-order valence-corrected chi connectivity index (χ4v) is 3.85. The van der Waals surface area contributed by atoms with Crippen LogP contribution in [0.3, 0.4) is 0 Å². The first kappa shape index (κ1) is 19.9. The summed E-state index contributed by atoms with van der Waals surface area (Å²) in [5.74, 6) is -0.0286. The molecular formula is C19H24N2O4S. The molecule has 2 aromatic carbocycles. The van der Waals surface area contributed by atoms with Gasteiger partial charge in [-0.2, -0.15) is 4.31 Å². The quantitative estimate of drug-likeness (QED) is 0.744. The average molecular weight is 376 g/mol. The number of hydrogen-bond donors (Lipinski definition) is 0. The summed E-state index contributed by atoms with van der Waals surface area (Å²) in [7, 11) is 0.624. The zero-order valence-electron chi connectivity index (χ0n) is 15.5. The highest BCUT2D eigenvalue weighted by molar-refractivity contribution is 7.89. The SMILES string of the molecule is COc1ccc(C)cc1S(=O)(=O)N(C)CC(=O)N(C)Cc1ccccc1. The van der Waals surface area contributed by atoms with E-state index in [1.807, 2.05) is 30.3 Å². The van der Waals surface area contributed by atoms with Crippen molar-refractivity contribution in [2.24, 2.45) is 0 Å². The zero-order chi connectivity index (χ0) is 19.3. The van der Waals surface area contributed by atoms with Crippen LogP contribution in [-0.2, 0) is 21.4 Å². The van der Waals surface area contributed by atoms with Gasteiger partial charge in [-0.25, -0.2) is 8.42 Å². The number of benzene rings is 2. The summed E-state index contributed by atoms with van der Waals surface area (Å²) in [6, 6.07) is 14.5. The Hall–Kier alpha value is -2.38. The fraction of sp³-hybridized carbons (Fsp3) is 0.316. The molecule has 2 rings (SSSR count). The summed E-state index contributed by atoms with van der Waals surface area (Å²) in [6.45, 7) is 1.97. The Morgan fingerprint density at radius 2 is 1.73 bits per heavy atom. The number of likely N-dealkylation sites (N-methyl/N-ethyl adjacent to an activating group) is 2. The molecule has 7 heteroatoms. The van der Waals surface area contributed by atoms with E-state index in [0.717, 1.165) is 15.4 Å². The molecule has 0 N–H and O–H groups in total. The molecule has 0 unspecified atom stereocenters. The van der Waals surface area contributed by atoms with Crippen LogP contribution in [0, 0.1) is 6.92 Å². The van der Waals surface area contributed by atoms with Gasteiger partial charge in [-0.3, -0.25) is 4.79 Å². The van der Waals surface area contributed by atoms with Gasteiger partial charge in [0.25, 0.3) is 0 Å². The van der Waals surface area contributed by atoms with Gasteiger partial charge in [0.05, 0.1) is 13.7 Å². The van der Waals surface area contributed by atoms with Crippen molar-refractivity contribution in [1.29, 1.82) is 0 Å². The zero-order valence-corrected chi connectivity index (χ0v) is 16.3. The average Bonchev–Trinajstić information content (AvgIpc) is 2.62. The second-order valence-electron chi connectivity index (χ2n) is 6.15. The lowest BCUT2D eigenvalue weighted by Crippen LogP contribution is -2.39. The van der Waals surface area contributed by atoms with Crippen molar-refractivity contribution >= 4 is 15.9 Å². The van der Waals surface area contributed by atoms with Crippen LogP contribution in [0.25, 0.3) is 0 Å². The molecule has 0 aliphatic rings. The minimum atomic E-state index is -3.84. The maximum atomic E-state index is 12.9. The van der Waals surface area contributed by atoms with Crippen molar-refractivity contribution in [2.75, 3.05) is 27.7 Å². The fourth-order valence-electron chi connectivity index (χ4n) is 2.50. The van der Waals surface area contributed by atoms with Crippen molar-refractivity contribution in [2.45, 2.75) is 18.4 Å². The Morgan fingerprint density at radius 1 is 1.08 bits per heavy atom. The molecule has 2 aromatic rings. The van der Waals surface area contributed by atoms with Crippen LogP contribution >= 0.6 is 0 Å². The first-order valence-electron chi connectivity index (χ1n) is 8.14. The predicted molar refractivity (Wildman–Crippen MR) is 100 cm³/mol. The molecule has 0 aromatic heterocycles. The molecule has 0 radical (unpaired) electrons. The Labute approximate surface area is 155 Å². The Kier molecular flexibility index (Phi) is 6.39. The number of carbonyl (C=O) groups is 1. The van der Waals surface area contributed by atoms with Crippen molar-refractivity contribution in [3.8, 4) is 5.75 Å². The van der Waals surface area contributed by atoms with Crippen molar-refractivity contribution in [3.63, 3.8) is 0 Å². The van der Waals surface area contributed by atoms with E-state index in [-0.39, 0.29) is 23.1 Å². The molecule has 0 spiro atoms. The monoisotopic (exact) mass is 376 g/mol. The van der Waals surface area contributed by atoms with Crippen LogP contribution < -0.4 is 4.74 Å². The Bertz CT molecular complexity index is 866. The maximum absolute atomic E-state index is 12.9. The minimum Gasteiger partial charge on any atom is -0.495 e. The van der Waals surface area contributed by atoms with Gasteiger partial charge < -0.3 is 9.64 Å². The summed E-state index contributed by atoms with van der Waals surface area (Å²) in [5.41, 5.74) is 1.78. The van der Waals surface area contributed by atoms with Crippen LogP contribution in [0.5, 0.6) is 5.75 Å². The molecule has 0 saturated carbocycles. The number of hydrogen-bond acceptors (Lipinski definition) is 4. The second kappa shape index (κ2) is 8.33. The van der Waals surface area contributed by atoms with Crippen LogP contribution in [0.1, 0.15) is 11.1 Å². The van der Waals surface area contributed by atoms with E-state index in [0.29, 0.717) is 6.54 Å².